The molecule has 1 N–H and O–H groups in total. The molecule has 0 aromatic carbocycles. The molecule has 1 aliphatic heterocycles. The number of carbonyl (C=O) groups excluding carboxylic acids is 1. The minimum atomic E-state index is -0.383. The van der Waals surface area contributed by atoms with Crippen molar-refractivity contribution in [3.63, 3.8) is 0 Å². The van der Waals surface area contributed by atoms with Gasteiger partial charge in [0, 0.05) is 7.11 Å². The zero-order valence-electron chi connectivity index (χ0n) is 13.8. The van der Waals surface area contributed by atoms with Gasteiger partial charge in [-0.1, -0.05) is 19.8 Å². The number of methoxy groups -OCH3 is 1. The fourth-order valence-electron chi connectivity index (χ4n) is 4.29. The van der Waals surface area contributed by atoms with Crippen LogP contribution in [0.5, 0.6) is 0 Å². The third-order valence-electron chi connectivity index (χ3n) is 6.24. The van der Waals surface area contributed by atoms with Crippen molar-refractivity contribution in [1.82, 2.24) is 10.2 Å². The van der Waals surface area contributed by atoms with Gasteiger partial charge >= 0.3 is 0 Å². The third kappa shape index (κ3) is 2.50. The first kappa shape index (κ1) is 15.3. The van der Waals surface area contributed by atoms with Crippen LogP contribution in [0.25, 0.3) is 0 Å². The first-order valence-corrected chi connectivity index (χ1v) is 8.67. The molecule has 120 valence electrons. The summed E-state index contributed by atoms with van der Waals surface area (Å²) in [6.45, 7) is 4.94. The first-order chi connectivity index (χ1) is 10.0. The molecule has 3 aliphatic rings. The summed E-state index contributed by atoms with van der Waals surface area (Å²) >= 11 is 0. The van der Waals surface area contributed by atoms with E-state index in [2.05, 4.69) is 24.1 Å². The van der Waals surface area contributed by atoms with Gasteiger partial charge in [0.2, 0.25) is 5.91 Å². The highest BCUT2D eigenvalue weighted by molar-refractivity contribution is 5.88. The summed E-state index contributed by atoms with van der Waals surface area (Å²) in [7, 11) is 1.80. The van der Waals surface area contributed by atoms with E-state index in [0.29, 0.717) is 5.92 Å². The Balaban J connectivity index is 1.80. The van der Waals surface area contributed by atoms with Crippen LogP contribution in [0, 0.1) is 5.92 Å². The van der Waals surface area contributed by atoms with E-state index in [1.807, 2.05) is 0 Å². The van der Waals surface area contributed by atoms with Crippen molar-refractivity contribution in [2.75, 3.05) is 13.7 Å². The van der Waals surface area contributed by atoms with Gasteiger partial charge in [-0.3, -0.25) is 10.1 Å². The van der Waals surface area contributed by atoms with Crippen LogP contribution < -0.4 is 5.32 Å². The van der Waals surface area contributed by atoms with E-state index < -0.39 is 0 Å². The minimum Gasteiger partial charge on any atom is -0.376 e. The molecule has 0 spiro atoms. The maximum Gasteiger partial charge on any atom is 0.243 e. The molecule has 21 heavy (non-hydrogen) atoms. The predicted molar refractivity (Wildman–Crippen MR) is 82.9 cm³/mol. The Morgan fingerprint density at radius 3 is 2.43 bits per heavy atom. The van der Waals surface area contributed by atoms with E-state index in [9.17, 15) is 4.79 Å². The van der Waals surface area contributed by atoms with Gasteiger partial charge in [0.15, 0.2) is 0 Å². The molecule has 0 radical (unpaired) electrons. The van der Waals surface area contributed by atoms with Gasteiger partial charge in [0.25, 0.3) is 0 Å². The van der Waals surface area contributed by atoms with Crippen molar-refractivity contribution in [1.29, 1.82) is 0 Å². The van der Waals surface area contributed by atoms with Gasteiger partial charge in [-0.25, -0.2) is 0 Å². The average Bonchev–Trinajstić information content (AvgIpc) is 3.05. The standard InChI is InChI=1S/C17H30N2O2/c1-4-16(2)15(20)19(12-17(21-3)10-7-11-17)14(18-16)13-8-5-6-9-13/h13-14,18H,4-12H2,1-3H3. The summed E-state index contributed by atoms with van der Waals surface area (Å²) < 4.78 is 5.78. The molecule has 4 heteroatoms. The number of ether oxygens (including phenoxy) is 1. The highest BCUT2D eigenvalue weighted by Gasteiger charge is 2.52. The second-order valence-electron chi connectivity index (χ2n) is 7.49. The highest BCUT2D eigenvalue weighted by atomic mass is 16.5. The molecule has 2 aliphatic carbocycles. The number of carbonyl (C=O) groups is 1. The molecule has 0 bridgehead atoms. The van der Waals surface area contributed by atoms with Crippen molar-refractivity contribution < 1.29 is 9.53 Å². The lowest BCUT2D eigenvalue weighted by atomic mass is 9.79. The van der Waals surface area contributed by atoms with Gasteiger partial charge in [-0.15, -0.1) is 0 Å². The molecule has 1 amide bonds. The maximum atomic E-state index is 13.0. The minimum absolute atomic E-state index is 0.0762. The first-order valence-electron chi connectivity index (χ1n) is 8.67. The van der Waals surface area contributed by atoms with Gasteiger partial charge in [-0.2, -0.15) is 0 Å². The molecule has 0 aromatic rings. The molecule has 3 fully saturated rings. The van der Waals surface area contributed by atoms with Gasteiger partial charge < -0.3 is 9.64 Å². The Labute approximate surface area is 128 Å². The number of amides is 1. The van der Waals surface area contributed by atoms with Crippen LogP contribution in [-0.2, 0) is 9.53 Å². The Bertz CT molecular complexity index is 396. The monoisotopic (exact) mass is 294 g/mol. The molecule has 1 heterocycles. The lowest BCUT2D eigenvalue weighted by molar-refractivity contribution is -0.143. The van der Waals surface area contributed by atoms with E-state index in [-0.39, 0.29) is 23.2 Å². The molecular formula is C17H30N2O2. The van der Waals surface area contributed by atoms with Crippen molar-refractivity contribution in [2.24, 2.45) is 5.92 Å². The topological polar surface area (TPSA) is 41.6 Å². The summed E-state index contributed by atoms with van der Waals surface area (Å²) in [5.41, 5.74) is -0.459. The number of nitrogens with zero attached hydrogens (tertiary/aromatic N) is 1. The van der Waals surface area contributed by atoms with E-state index in [0.717, 1.165) is 25.8 Å². The van der Waals surface area contributed by atoms with Crippen LogP contribution in [0.2, 0.25) is 0 Å². The number of hydrogen-bond donors (Lipinski definition) is 1. The summed E-state index contributed by atoms with van der Waals surface area (Å²) in [6, 6.07) is 0. The van der Waals surface area contributed by atoms with Crippen LogP contribution >= 0.6 is 0 Å². The second kappa shape index (κ2) is 5.54. The molecular weight excluding hydrogens is 264 g/mol. The third-order valence-corrected chi connectivity index (χ3v) is 6.24. The van der Waals surface area contributed by atoms with Gasteiger partial charge in [0.05, 0.1) is 23.9 Å². The normalized spacial score (nSPS) is 36.2. The Morgan fingerprint density at radius 2 is 1.95 bits per heavy atom. The number of nitrogens with one attached hydrogen (secondary N) is 1. The fourth-order valence-corrected chi connectivity index (χ4v) is 4.29. The lowest BCUT2D eigenvalue weighted by Crippen LogP contribution is -2.54. The van der Waals surface area contributed by atoms with Crippen molar-refractivity contribution in [3.8, 4) is 0 Å². The maximum absolute atomic E-state index is 13.0. The van der Waals surface area contributed by atoms with Crippen LogP contribution in [0.15, 0.2) is 0 Å². The summed E-state index contributed by atoms with van der Waals surface area (Å²) in [6.07, 6.45) is 9.60. The number of rotatable bonds is 5. The quantitative estimate of drug-likeness (QED) is 0.847. The zero-order chi connectivity index (χ0) is 15.1. The predicted octanol–water partition coefficient (Wildman–Crippen LogP) is 2.67. The smallest absolute Gasteiger partial charge is 0.243 e. The molecule has 1 saturated heterocycles. The Kier molecular flexibility index (Phi) is 4.04. The van der Waals surface area contributed by atoms with Crippen LogP contribution in [0.1, 0.15) is 65.2 Å². The van der Waals surface area contributed by atoms with E-state index in [1.54, 1.807) is 7.11 Å². The van der Waals surface area contributed by atoms with Gasteiger partial charge in [0.1, 0.15) is 0 Å². The fraction of sp³-hybridized carbons (Fsp3) is 0.941. The largest absolute Gasteiger partial charge is 0.376 e. The second-order valence-corrected chi connectivity index (χ2v) is 7.49. The Morgan fingerprint density at radius 1 is 1.29 bits per heavy atom. The van der Waals surface area contributed by atoms with Crippen LogP contribution in [0.3, 0.4) is 0 Å². The van der Waals surface area contributed by atoms with E-state index >= 15 is 0 Å². The zero-order valence-corrected chi connectivity index (χ0v) is 13.8. The van der Waals surface area contributed by atoms with Gasteiger partial charge in [-0.05, 0) is 51.4 Å². The van der Waals surface area contributed by atoms with Crippen molar-refractivity contribution in [3.05, 3.63) is 0 Å². The molecule has 0 aromatic heterocycles. The van der Waals surface area contributed by atoms with Crippen molar-refractivity contribution >= 4 is 5.91 Å². The summed E-state index contributed by atoms with van der Waals surface area (Å²) in [5.74, 6) is 0.904. The SMILES string of the molecule is CCC1(C)NC(C2CCCC2)N(CC2(OC)CCC2)C1=O. The molecule has 2 saturated carbocycles. The van der Waals surface area contributed by atoms with Crippen molar-refractivity contribution in [2.45, 2.75) is 82.5 Å². The molecule has 2 atom stereocenters. The van der Waals surface area contributed by atoms with E-state index in [4.69, 9.17) is 4.74 Å². The van der Waals surface area contributed by atoms with Crippen LogP contribution in [-0.4, -0.2) is 41.8 Å². The number of hydrogen-bond acceptors (Lipinski definition) is 3. The highest BCUT2D eigenvalue weighted by Crippen LogP contribution is 2.40. The van der Waals surface area contributed by atoms with E-state index in [1.165, 1.54) is 32.1 Å². The lowest BCUT2D eigenvalue weighted by Gasteiger charge is -2.44. The summed E-state index contributed by atoms with van der Waals surface area (Å²) in [4.78, 5) is 15.1. The van der Waals surface area contributed by atoms with Crippen LogP contribution in [0.4, 0.5) is 0 Å². The molecule has 2 unspecified atom stereocenters. The Hall–Kier alpha value is -0.610. The molecule has 4 nitrogen and oxygen atoms in total. The summed E-state index contributed by atoms with van der Waals surface area (Å²) in [5, 5.41) is 3.67. The molecule has 3 rings (SSSR count). The average molecular weight is 294 g/mol.